The standard InChI is InChI=1S/C30H31Cl2FN6O3/c1-17-12-24(23(33)15-25(17)38-8-10-39(11-9-38)29(41)42-30(2,3)4)36-27-26-18(16-34-37-28(26)40)13-19(35-27)14-20-21(31)6-5-7-22(20)32/h5-7,12-13,15-16H,8-11,14H2,1-4H3,(H,35,36)(H,37,40). The number of pyridine rings is 1. The van der Waals surface area contributed by atoms with E-state index in [1.165, 1.54) is 12.3 Å². The number of nitrogens with one attached hydrogen (secondary N) is 2. The number of rotatable bonds is 5. The van der Waals surface area contributed by atoms with Gasteiger partial charge in [0.1, 0.15) is 17.2 Å². The van der Waals surface area contributed by atoms with Crippen LogP contribution in [0.15, 0.2) is 47.4 Å². The summed E-state index contributed by atoms with van der Waals surface area (Å²) < 4.78 is 21.1. The lowest BCUT2D eigenvalue weighted by Crippen LogP contribution is -2.50. The van der Waals surface area contributed by atoms with E-state index in [1.54, 1.807) is 35.2 Å². The minimum absolute atomic E-state index is 0.168. The molecule has 0 aliphatic carbocycles. The monoisotopic (exact) mass is 612 g/mol. The van der Waals surface area contributed by atoms with Crippen molar-refractivity contribution in [3.05, 3.63) is 85.6 Å². The average molecular weight is 614 g/mol. The number of anilines is 3. The zero-order chi connectivity index (χ0) is 30.2. The van der Waals surface area contributed by atoms with Gasteiger partial charge in [-0.3, -0.25) is 4.79 Å². The summed E-state index contributed by atoms with van der Waals surface area (Å²) in [5, 5.41) is 11.1. The van der Waals surface area contributed by atoms with Crippen LogP contribution in [0.4, 0.5) is 26.4 Å². The lowest BCUT2D eigenvalue weighted by molar-refractivity contribution is 0.0240. The van der Waals surface area contributed by atoms with E-state index in [0.717, 1.165) is 11.3 Å². The number of carbonyl (C=O) groups is 1. The predicted octanol–water partition coefficient (Wildman–Crippen LogP) is 6.46. The van der Waals surface area contributed by atoms with Gasteiger partial charge in [-0.2, -0.15) is 5.10 Å². The molecule has 0 atom stereocenters. The van der Waals surface area contributed by atoms with Gasteiger partial charge >= 0.3 is 6.09 Å². The van der Waals surface area contributed by atoms with Crippen molar-refractivity contribution >= 4 is 57.3 Å². The van der Waals surface area contributed by atoms with E-state index in [1.807, 2.05) is 32.6 Å². The molecule has 1 fully saturated rings. The van der Waals surface area contributed by atoms with Crippen LogP contribution in [-0.4, -0.2) is 58.0 Å². The molecule has 1 amide bonds. The fourth-order valence-electron chi connectivity index (χ4n) is 4.93. The quantitative estimate of drug-likeness (QED) is 0.266. The van der Waals surface area contributed by atoms with Crippen LogP contribution in [0.3, 0.4) is 0 Å². The van der Waals surface area contributed by atoms with Gasteiger partial charge in [-0.05, 0) is 69.2 Å². The van der Waals surface area contributed by atoms with Gasteiger partial charge in [0, 0.05) is 59.4 Å². The summed E-state index contributed by atoms with van der Waals surface area (Å²) in [5.41, 5.74) is 1.95. The maximum atomic E-state index is 15.6. The van der Waals surface area contributed by atoms with Gasteiger partial charge in [0.25, 0.3) is 5.56 Å². The molecule has 9 nitrogen and oxygen atoms in total. The van der Waals surface area contributed by atoms with Gasteiger partial charge in [0.15, 0.2) is 0 Å². The third kappa shape index (κ3) is 6.44. The lowest BCUT2D eigenvalue weighted by atomic mass is 10.1. The Morgan fingerprint density at radius 3 is 2.48 bits per heavy atom. The first kappa shape index (κ1) is 29.6. The third-order valence-corrected chi connectivity index (χ3v) is 7.64. The van der Waals surface area contributed by atoms with Crippen molar-refractivity contribution in [2.45, 2.75) is 39.7 Å². The molecule has 1 aliphatic rings. The minimum Gasteiger partial charge on any atom is -0.444 e. The molecule has 5 rings (SSSR count). The molecular formula is C30H31Cl2FN6O3. The number of ether oxygens (including phenoxy) is 1. The van der Waals surface area contributed by atoms with E-state index in [9.17, 15) is 9.59 Å². The first-order valence-electron chi connectivity index (χ1n) is 13.5. The molecule has 0 spiro atoms. The second-order valence-electron chi connectivity index (χ2n) is 11.2. The lowest BCUT2D eigenvalue weighted by Gasteiger charge is -2.37. The zero-order valence-corrected chi connectivity index (χ0v) is 25.2. The van der Waals surface area contributed by atoms with E-state index < -0.39 is 17.0 Å². The Bertz CT molecular complexity index is 1690. The van der Waals surface area contributed by atoms with Crippen LogP contribution in [0, 0.1) is 12.7 Å². The van der Waals surface area contributed by atoms with Crippen LogP contribution in [0.2, 0.25) is 10.0 Å². The first-order valence-corrected chi connectivity index (χ1v) is 14.3. The number of halogens is 3. The van der Waals surface area contributed by atoms with Gasteiger partial charge in [-0.15, -0.1) is 0 Å². The molecule has 2 aromatic heterocycles. The average Bonchev–Trinajstić information content (AvgIpc) is 2.92. The van der Waals surface area contributed by atoms with Crippen molar-refractivity contribution < 1.29 is 13.9 Å². The third-order valence-electron chi connectivity index (χ3n) is 6.93. The fraction of sp³-hybridized carbons (Fsp3) is 0.333. The Morgan fingerprint density at radius 1 is 1.12 bits per heavy atom. The summed E-state index contributed by atoms with van der Waals surface area (Å²) in [6, 6.07) is 10.1. The SMILES string of the molecule is Cc1cc(Nc2nc(Cc3c(Cl)cccc3Cl)cc3cn[nH]c(=O)c23)c(F)cc1N1CCN(C(=O)OC(C)(C)C)CC1. The molecule has 4 aromatic rings. The summed E-state index contributed by atoms with van der Waals surface area (Å²) in [6.07, 6.45) is 1.46. The Morgan fingerprint density at radius 2 is 1.81 bits per heavy atom. The number of amides is 1. The predicted molar refractivity (Wildman–Crippen MR) is 164 cm³/mol. The highest BCUT2D eigenvalue weighted by Crippen LogP contribution is 2.32. The van der Waals surface area contributed by atoms with Crippen LogP contribution >= 0.6 is 23.2 Å². The topological polar surface area (TPSA) is 103 Å². The van der Waals surface area contributed by atoms with Crippen LogP contribution in [-0.2, 0) is 11.2 Å². The molecule has 0 radical (unpaired) electrons. The number of nitrogens with zero attached hydrogens (tertiary/aromatic N) is 4. The largest absolute Gasteiger partial charge is 0.444 e. The molecule has 220 valence electrons. The molecule has 0 unspecified atom stereocenters. The summed E-state index contributed by atoms with van der Waals surface area (Å²) in [6.45, 7) is 9.38. The summed E-state index contributed by atoms with van der Waals surface area (Å²) in [5.74, 6) is -0.323. The molecule has 2 aromatic carbocycles. The van der Waals surface area contributed by atoms with Crippen molar-refractivity contribution in [2.75, 3.05) is 36.4 Å². The van der Waals surface area contributed by atoms with Crippen molar-refractivity contribution in [3.8, 4) is 0 Å². The highest BCUT2D eigenvalue weighted by atomic mass is 35.5. The van der Waals surface area contributed by atoms with Crippen LogP contribution in [0.25, 0.3) is 10.8 Å². The summed E-state index contributed by atoms with van der Waals surface area (Å²) in [4.78, 5) is 33.6. The Balaban J connectivity index is 1.41. The van der Waals surface area contributed by atoms with Gasteiger partial charge in [0.2, 0.25) is 0 Å². The highest BCUT2D eigenvalue weighted by molar-refractivity contribution is 6.36. The second kappa shape index (κ2) is 11.8. The van der Waals surface area contributed by atoms with E-state index >= 15 is 4.39 Å². The minimum atomic E-state index is -0.570. The van der Waals surface area contributed by atoms with Crippen LogP contribution in [0.5, 0.6) is 0 Å². The highest BCUT2D eigenvalue weighted by Gasteiger charge is 2.27. The number of piperazine rings is 1. The van der Waals surface area contributed by atoms with Gasteiger partial charge in [0.05, 0.1) is 17.3 Å². The molecule has 42 heavy (non-hydrogen) atoms. The number of H-pyrrole nitrogens is 1. The smallest absolute Gasteiger partial charge is 0.410 e. The van der Waals surface area contributed by atoms with E-state index in [2.05, 4.69) is 20.5 Å². The number of fused-ring (bicyclic) bond motifs is 1. The maximum absolute atomic E-state index is 15.6. The Hall–Kier alpha value is -3.89. The number of carbonyl (C=O) groups excluding carboxylic acids is 1. The first-order chi connectivity index (χ1) is 19.9. The van der Waals surface area contributed by atoms with E-state index in [-0.39, 0.29) is 23.0 Å². The molecule has 0 bridgehead atoms. The Kier molecular flexibility index (Phi) is 8.30. The van der Waals surface area contributed by atoms with Crippen LogP contribution in [0.1, 0.15) is 37.6 Å². The number of hydrogen-bond acceptors (Lipinski definition) is 7. The molecule has 2 N–H and O–H groups in total. The van der Waals surface area contributed by atoms with Crippen molar-refractivity contribution in [1.82, 2.24) is 20.1 Å². The van der Waals surface area contributed by atoms with Crippen molar-refractivity contribution in [3.63, 3.8) is 0 Å². The molecule has 3 heterocycles. The molecule has 0 saturated carbocycles. The number of benzene rings is 2. The molecule has 12 heteroatoms. The summed E-state index contributed by atoms with van der Waals surface area (Å²) >= 11 is 12.8. The number of aromatic nitrogens is 3. The molecular weight excluding hydrogens is 582 g/mol. The Labute approximate surface area is 252 Å². The number of hydrogen-bond donors (Lipinski definition) is 2. The van der Waals surface area contributed by atoms with Crippen LogP contribution < -0.4 is 15.8 Å². The van der Waals surface area contributed by atoms with Gasteiger partial charge in [-0.1, -0.05) is 29.3 Å². The second-order valence-corrected chi connectivity index (χ2v) is 12.0. The van der Waals surface area contributed by atoms with E-state index in [0.29, 0.717) is 59.3 Å². The number of aryl methyl sites for hydroxylation is 1. The maximum Gasteiger partial charge on any atom is 0.410 e. The van der Waals surface area contributed by atoms with Crippen molar-refractivity contribution in [2.24, 2.45) is 0 Å². The molecule has 1 aliphatic heterocycles. The zero-order valence-electron chi connectivity index (χ0n) is 23.7. The van der Waals surface area contributed by atoms with Crippen molar-refractivity contribution in [1.29, 1.82) is 0 Å². The summed E-state index contributed by atoms with van der Waals surface area (Å²) in [7, 11) is 0. The number of aromatic amines is 1. The normalized spacial score (nSPS) is 13.9. The fourth-order valence-corrected chi connectivity index (χ4v) is 5.46. The molecule has 1 saturated heterocycles. The van der Waals surface area contributed by atoms with Gasteiger partial charge < -0.3 is 19.9 Å². The van der Waals surface area contributed by atoms with Gasteiger partial charge in [-0.25, -0.2) is 19.3 Å². The van der Waals surface area contributed by atoms with E-state index in [4.69, 9.17) is 27.9 Å².